The van der Waals surface area contributed by atoms with E-state index >= 15 is 0 Å². The summed E-state index contributed by atoms with van der Waals surface area (Å²) in [6, 6.07) is 21.5. The van der Waals surface area contributed by atoms with Gasteiger partial charge in [0.25, 0.3) is 5.56 Å². The Morgan fingerprint density at radius 2 is 1.83 bits per heavy atom. The molecule has 0 spiro atoms. The highest BCUT2D eigenvalue weighted by molar-refractivity contribution is 6.30. The van der Waals surface area contributed by atoms with Gasteiger partial charge in [-0.2, -0.15) is 0 Å². The molecule has 1 aromatic heterocycles. The fourth-order valence-corrected chi connectivity index (χ4v) is 5.25. The highest BCUT2D eigenvalue weighted by Gasteiger charge is 2.23. The number of rotatable bonds is 6. The van der Waals surface area contributed by atoms with Gasteiger partial charge in [-0.1, -0.05) is 54.1 Å². The van der Waals surface area contributed by atoms with Crippen molar-refractivity contribution in [3.8, 4) is 22.5 Å². The van der Waals surface area contributed by atoms with Crippen molar-refractivity contribution >= 4 is 22.5 Å². The van der Waals surface area contributed by atoms with Gasteiger partial charge in [0.2, 0.25) is 0 Å². The normalized spacial score (nSPS) is 16.6. The summed E-state index contributed by atoms with van der Waals surface area (Å²) in [5.41, 5.74) is 4.64. The molecule has 5 rings (SSSR count). The molecule has 1 atom stereocenters. The smallest absolute Gasteiger partial charge is 0.261 e. The lowest BCUT2D eigenvalue weighted by Crippen LogP contribution is -2.39. The fraction of sp³-hybridized carbons (Fsp3) is 0.310. The number of aryl methyl sites for hydroxylation is 1. The van der Waals surface area contributed by atoms with Gasteiger partial charge in [0.1, 0.15) is 12.5 Å². The molecule has 180 valence electrons. The van der Waals surface area contributed by atoms with Crippen molar-refractivity contribution in [2.75, 3.05) is 26.3 Å². The molecule has 0 bridgehead atoms. The second kappa shape index (κ2) is 10.3. The Balaban J connectivity index is 1.63. The van der Waals surface area contributed by atoms with E-state index in [4.69, 9.17) is 16.6 Å². The molecule has 4 nitrogen and oxygen atoms in total. The van der Waals surface area contributed by atoms with Crippen LogP contribution in [-0.4, -0.2) is 40.8 Å². The number of halogens is 2. The summed E-state index contributed by atoms with van der Waals surface area (Å²) in [6.45, 7) is 4.44. The summed E-state index contributed by atoms with van der Waals surface area (Å²) in [6.07, 6.45) is 2.03. The third-order valence-corrected chi connectivity index (χ3v) is 7.21. The first-order valence-corrected chi connectivity index (χ1v) is 12.6. The molecule has 35 heavy (non-hydrogen) atoms. The molecule has 0 aliphatic carbocycles. The molecule has 0 amide bonds. The van der Waals surface area contributed by atoms with Gasteiger partial charge in [-0.3, -0.25) is 9.36 Å². The molecule has 3 aromatic carbocycles. The van der Waals surface area contributed by atoms with Crippen molar-refractivity contribution < 1.29 is 4.39 Å². The van der Waals surface area contributed by atoms with Crippen molar-refractivity contribution in [2.24, 2.45) is 5.92 Å². The van der Waals surface area contributed by atoms with Crippen LogP contribution in [0.3, 0.4) is 0 Å². The summed E-state index contributed by atoms with van der Waals surface area (Å²) in [5.74, 6) is 0.969. The number of hydrogen-bond donors (Lipinski definition) is 0. The Morgan fingerprint density at radius 1 is 1.06 bits per heavy atom. The molecule has 1 aliphatic rings. The zero-order valence-electron chi connectivity index (χ0n) is 19.9. The lowest BCUT2D eigenvalue weighted by molar-refractivity contribution is 0.152. The summed E-state index contributed by atoms with van der Waals surface area (Å²) >= 11 is 6.06. The monoisotopic (exact) mass is 489 g/mol. The van der Waals surface area contributed by atoms with Crippen molar-refractivity contribution in [3.63, 3.8) is 0 Å². The Labute approximate surface area is 210 Å². The number of aromatic nitrogens is 2. The van der Waals surface area contributed by atoms with Crippen LogP contribution in [0.4, 0.5) is 4.39 Å². The average Bonchev–Trinajstić information content (AvgIpc) is 2.87. The van der Waals surface area contributed by atoms with E-state index in [9.17, 15) is 9.18 Å². The maximum Gasteiger partial charge on any atom is 0.261 e. The largest absolute Gasteiger partial charge is 0.300 e. The third kappa shape index (κ3) is 5.02. The van der Waals surface area contributed by atoms with E-state index in [0.717, 1.165) is 48.2 Å². The SMILES string of the molecule is Cc1ccccc1-c1nc2ccc(-c3ccc(Cl)cc3)cc2c(=O)n1C[C@@H]1CCCN(CCF)C1. The molecular weight excluding hydrogens is 461 g/mol. The van der Waals surface area contributed by atoms with Crippen LogP contribution in [0, 0.1) is 12.8 Å². The molecule has 0 saturated carbocycles. The van der Waals surface area contributed by atoms with Crippen molar-refractivity contribution in [1.82, 2.24) is 14.5 Å². The lowest BCUT2D eigenvalue weighted by atomic mass is 9.97. The minimum Gasteiger partial charge on any atom is -0.300 e. The van der Waals surface area contributed by atoms with Crippen molar-refractivity contribution in [2.45, 2.75) is 26.3 Å². The summed E-state index contributed by atoms with van der Waals surface area (Å²) < 4.78 is 14.8. The standard InChI is InChI=1S/C29H29ClFN3O/c1-20-5-2-3-7-25(20)28-32-27-13-10-23(22-8-11-24(30)12-9-22)17-26(27)29(35)34(28)19-21-6-4-15-33(18-21)16-14-31/h2-3,5,7-13,17,21H,4,6,14-16,18-19H2,1H3/t21-/m1/s1. The minimum absolute atomic E-state index is 0.0355. The predicted molar refractivity (Wildman–Crippen MR) is 142 cm³/mol. The Hall–Kier alpha value is -3.02. The van der Waals surface area contributed by atoms with Gasteiger partial charge in [-0.05, 0) is 73.2 Å². The topological polar surface area (TPSA) is 38.1 Å². The number of fused-ring (bicyclic) bond motifs is 1. The molecule has 0 unspecified atom stereocenters. The summed E-state index contributed by atoms with van der Waals surface area (Å²) in [7, 11) is 0. The van der Waals surface area contributed by atoms with E-state index in [0.29, 0.717) is 34.8 Å². The molecule has 0 N–H and O–H groups in total. The molecular formula is C29H29ClFN3O. The van der Waals surface area contributed by atoms with Crippen LogP contribution in [0.25, 0.3) is 33.4 Å². The van der Waals surface area contributed by atoms with Gasteiger partial charge in [0.05, 0.1) is 10.9 Å². The number of benzene rings is 3. The molecule has 4 aromatic rings. The Bertz CT molecular complexity index is 1400. The number of alkyl halides is 1. The second-order valence-corrected chi connectivity index (χ2v) is 9.84. The van der Waals surface area contributed by atoms with Crippen LogP contribution >= 0.6 is 11.6 Å². The third-order valence-electron chi connectivity index (χ3n) is 6.96. The molecule has 1 saturated heterocycles. The average molecular weight is 490 g/mol. The van der Waals surface area contributed by atoms with Gasteiger partial charge >= 0.3 is 0 Å². The number of nitrogens with zero attached hydrogens (tertiary/aromatic N) is 3. The molecule has 2 heterocycles. The van der Waals surface area contributed by atoms with Gasteiger partial charge in [0, 0.05) is 30.2 Å². The number of hydrogen-bond acceptors (Lipinski definition) is 3. The minimum atomic E-state index is -0.341. The summed E-state index contributed by atoms with van der Waals surface area (Å²) in [5, 5.41) is 1.28. The highest BCUT2D eigenvalue weighted by atomic mass is 35.5. The Kier molecular flexibility index (Phi) is 6.98. The van der Waals surface area contributed by atoms with Crippen LogP contribution in [0.1, 0.15) is 18.4 Å². The van der Waals surface area contributed by atoms with Crippen molar-refractivity contribution in [1.29, 1.82) is 0 Å². The van der Waals surface area contributed by atoms with Crippen LogP contribution in [0.5, 0.6) is 0 Å². The van der Waals surface area contributed by atoms with Crippen LogP contribution in [-0.2, 0) is 6.54 Å². The van der Waals surface area contributed by atoms with Gasteiger partial charge in [-0.15, -0.1) is 0 Å². The van der Waals surface area contributed by atoms with Gasteiger partial charge in [0.15, 0.2) is 0 Å². The van der Waals surface area contributed by atoms with Crippen LogP contribution in [0.2, 0.25) is 5.02 Å². The van der Waals surface area contributed by atoms with E-state index in [2.05, 4.69) is 4.90 Å². The van der Waals surface area contributed by atoms with Crippen LogP contribution < -0.4 is 5.56 Å². The first-order chi connectivity index (χ1) is 17.0. The maximum absolute atomic E-state index is 14.0. The van der Waals surface area contributed by atoms with Gasteiger partial charge < -0.3 is 4.90 Å². The Morgan fingerprint density at radius 3 is 2.60 bits per heavy atom. The fourth-order valence-electron chi connectivity index (χ4n) is 5.12. The second-order valence-electron chi connectivity index (χ2n) is 9.40. The summed E-state index contributed by atoms with van der Waals surface area (Å²) in [4.78, 5) is 21.2. The number of likely N-dealkylation sites (tertiary alicyclic amines) is 1. The van der Waals surface area contributed by atoms with Crippen molar-refractivity contribution in [3.05, 3.63) is 87.7 Å². The lowest BCUT2D eigenvalue weighted by Gasteiger charge is -2.32. The maximum atomic E-state index is 14.0. The first kappa shape index (κ1) is 23.7. The van der Waals surface area contributed by atoms with E-state index < -0.39 is 0 Å². The van der Waals surface area contributed by atoms with E-state index in [1.54, 1.807) is 0 Å². The zero-order valence-corrected chi connectivity index (χ0v) is 20.6. The van der Waals surface area contributed by atoms with E-state index in [-0.39, 0.29) is 18.2 Å². The quantitative estimate of drug-likeness (QED) is 0.315. The molecule has 1 fully saturated rings. The predicted octanol–water partition coefficient (Wildman–Crippen LogP) is 6.37. The highest BCUT2D eigenvalue weighted by Crippen LogP contribution is 2.28. The van der Waals surface area contributed by atoms with Gasteiger partial charge in [-0.25, -0.2) is 9.37 Å². The van der Waals surface area contributed by atoms with E-state index in [1.807, 2.05) is 78.2 Å². The molecule has 1 aliphatic heterocycles. The first-order valence-electron chi connectivity index (χ1n) is 12.2. The molecule has 6 heteroatoms. The number of piperidine rings is 1. The van der Waals surface area contributed by atoms with E-state index in [1.165, 1.54) is 0 Å². The van der Waals surface area contributed by atoms with Crippen LogP contribution in [0.15, 0.2) is 71.5 Å². The zero-order chi connectivity index (χ0) is 24.4. The molecule has 0 radical (unpaired) electrons.